The summed E-state index contributed by atoms with van der Waals surface area (Å²) in [6.07, 6.45) is 4.10. The standard InChI is InChI=1S/C12H25NO2Si/c1-12(2,3)16(4,5)15-9-11-7-6-10(13)8-14-11/h6-7,10-11H,8-9,13H2,1-5H3/t10-,11+/m1/s1. The van der Waals surface area contributed by atoms with Crippen LogP contribution in [0, 0.1) is 0 Å². The number of rotatable bonds is 3. The van der Waals surface area contributed by atoms with E-state index in [2.05, 4.69) is 33.9 Å². The molecule has 94 valence electrons. The predicted octanol–water partition coefficient (Wildman–Crippen LogP) is 2.29. The summed E-state index contributed by atoms with van der Waals surface area (Å²) in [5, 5.41) is 0.252. The monoisotopic (exact) mass is 243 g/mol. The van der Waals surface area contributed by atoms with Gasteiger partial charge < -0.3 is 14.9 Å². The van der Waals surface area contributed by atoms with Gasteiger partial charge in [0.05, 0.1) is 19.3 Å². The first-order chi connectivity index (χ1) is 7.22. The first-order valence-electron chi connectivity index (χ1n) is 5.92. The van der Waals surface area contributed by atoms with Crippen molar-refractivity contribution >= 4 is 8.32 Å². The molecule has 1 aliphatic rings. The minimum atomic E-state index is -1.65. The molecule has 0 amide bonds. The normalized spacial score (nSPS) is 27.1. The Labute approximate surface area is 100 Å². The quantitative estimate of drug-likeness (QED) is 0.611. The van der Waals surface area contributed by atoms with Gasteiger partial charge in [0.25, 0.3) is 0 Å². The summed E-state index contributed by atoms with van der Waals surface area (Å²) in [6, 6.07) is 0.0455. The Morgan fingerprint density at radius 3 is 2.44 bits per heavy atom. The summed E-state index contributed by atoms with van der Waals surface area (Å²) in [5.74, 6) is 0. The molecule has 2 N–H and O–H groups in total. The third-order valence-electron chi connectivity index (χ3n) is 3.49. The fourth-order valence-electron chi connectivity index (χ4n) is 1.22. The molecule has 0 saturated carbocycles. The molecule has 1 aliphatic heterocycles. The highest BCUT2D eigenvalue weighted by atomic mass is 28.4. The van der Waals surface area contributed by atoms with Crippen LogP contribution >= 0.6 is 0 Å². The van der Waals surface area contributed by atoms with Gasteiger partial charge in [-0.3, -0.25) is 0 Å². The predicted molar refractivity (Wildman–Crippen MR) is 70.0 cm³/mol. The highest BCUT2D eigenvalue weighted by Crippen LogP contribution is 2.36. The van der Waals surface area contributed by atoms with Crippen molar-refractivity contribution in [2.45, 2.75) is 51.0 Å². The van der Waals surface area contributed by atoms with E-state index in [0.717, 1.165) is 0 Å². The number of nitrogens with two attached hydrogens (primary N) is 1. The molecule has 4 heteroatoms. The molecule has 0 spiro atoms. The minimum absolute atomic E-state index is 0.0455. The average molecular weight is 243 g/mol. The van der Waals surface area contributed by atoms with Gasteiger partial charge in [0, 0.05) is 6.04 Å². The van der Waals surface area contributed by atoms with Crippen molar-refractivity contribution in [1.29, 1.82) is 0 Å². The number of hydrogen-bond donors (Lipinski definition) is 1. The highest BCUT2D eigenvalue weighted by molar-refractivity contribution is 6.74. The fraction of sp³-hybridized carbons (Fsp3) is 0.833. The summed E-state index contributed by atoms with van der Waals surface area (Å²) in [5.41, 5.74) is 5.70. The van der Waals surface area contributed by atoms with Crippen LogP contribution in [0.15, 0.2) is 12.2 Å². The minimum Gasteiger partial charge on any atom is -0.414 e. The molecule has 0 aromatic heterocycles. The van der Waals surface area contributed by atoms with Crippen LogP contribution in [-0.4, -0.2) is 33.7 Å². The average Bonchev–Trinajstić information content (AvgIpc) is 2.15. The Morgan fingerprint density at radius 1 is 1.38 bits per heavy atom. The van der Waals surface area contributed by atoms with Crippen LogP contribution in [-0.2, 0) is 9.16 Å². The summed E-state index contributed by atoms with van der Waals surface area (Å²) in [4.78, 5) is 0. The molecule has 1 heterocycles. The molecular weight excluding hydrogens is 218 g/mol. The topological polar surface area (TPSA) is 44.5 Å². The van der Waals surface area contributed by atoms with Crippen molar-refractivity contribution in [3.05, 3.63) is 12.2 Å². The molecule has 0 saturated heterocycles. The smallest absolute Gasteiger partial charge is 0.192 e. The Hall–Kier alpha value is -0.163. The SMILES string of the molecule is CC(C)(C)[Si](C)(C)OC[C@@H]1C=C[C@@H](N)CO1. The van der Waals surface area contributed by atoms with Gasteiger partial charge in [-0.05, 0) is 18.1 Å². The molecular formula is C12H25NO2Si. The number of hydrogen-bond acceptors (Lipinski definition) is 3. The molecule has 0 fully saturated rings. The van der Waals surface area contributed by atoms with E-state index in [4.69, 9.17) is 14.9 Å². The molecule has 3 nitrogen and oxygen atoms in total. The lowest BCUT2D eigenvalue weighted by Crippen LogP contribution is -2.43. The van der Waals surface area contributed by atoms with Crippen LogP contribution < -0.4 is 5.73 Å². The maximum absolute atomic E-state index is 6.09. The first-order valence-corrected chi connectivity index (χ1v) is 8.83. The number of ether oxygens (including phenoxy) is 1. The lowest BCUT2D eigenvalue weighted by molar-refractivity contribution is 0.0356. The van der Waals surface area contributed by atoms with E-state index in [1.165, 1.54) is 0 Å². The van der Waals surface area contributed by atoms with Gasteiger partial charge in [0.2, 0.25) is 0 Å². The molecule has 1 rings (SSSR count). The van der Waals surface area contributed by atoms with Crippen molar-refractivity contribution in [1.82, 2.24) is 0 Å². The Bertz CT molecular complexity index is 258. The maximum atomic E-state index is 6.09. The van der Waals surface area contributed by atoms with Crippen molar-refractivity contribution in [3.8, 4) is 0 Å². The zero-order valence-electron chi connectivity index (χ0n) is 11.1. The molecule has 0 aromatic carbocycles. The zero-order valence-corrected chi connectivity index (χ0v) is 12.1. The summed E-state index contributed by atoms with van der Waals surface area (Å²) >= 11 is 0. The van der Waals surface area contributed by atoms with E-state index in [9.17, 15) is 0 Å². The molecule has 0 aliphatic carbocycles. The van der Waals surface area contributed by atoms with Gasteiger partial charge in [-0.2, -0.15) is 0 Å². The summed E-state index contributed by atoms with van der Waals surface area (Å²) < 4.78 is 11.7. The lowest BCUT2D eigenvalue weighted by Gasteiger charge is -2.37. The van der Waals surface area contributed by atoms with Crippen molar-refractivity contribution < 1.29 is 9.16 Å². The van der Waals surface area contributed by atoms with Gasteiger partial charge >= 0.3 is 0 Å². The Balaban J connectivity index is 2.43. The van der Waals surface area contributed by atoms with Gasteiger partial charge in [-0.15, -0.1) is 0 Å². The van der Waals surface area contributed by atoms with Gasteiger partial charge in [0.15, 0.2) is 8.32 Å². The van der Waals surface area contributed by atoms with Gasteiger partial charge in [-0.1, -0.05) is 32.9 Å². The second-order valence-electron chi connectivity index (χ2n) is 5.99. The van der Waals surface area contributed by atoms with E-state index in [0.29, 0.717) is 13.2 Å². The van der Waals surface area contributed by atoms with Gasteiger partial charge in [-0.25, -0.2) is 0 Å². The van der Waals surface area contributed by atoms with Crippen LogP contribution in [0.4, 0.5) is 0 Å². The molecule has 16 heavy (non-hydrogen) atoms. The maximum Gasteiger partial charge on any atom is 0.192 e. The first kappa shape index (κ1) is 13.9. The molecule has 0 bridgehead atoms. The van der Waals surface area contributed by atoms with Crippen molar-refractivity contribution in [2.24, 2.45) is 5.73 Å². The Kier molecular flexibility index (Phi) is 4.34. The fourth-order valence-corrected chi connectivity index (χ4v) is 2.24. The third-order valence-corrected chi connectivity index (χ3v) is 7.99. The molecule has 0 aromatic rings. The second kappa shape index (κ2) is 5.00. The summed E-state index contributed by atoms with van der Waals surface area (Å²) in [6.45, 7) is 12.5. The molecule has 0 radical (unpaired) electrons. The van der Waals surface area contributed by atoms with E-state index in [-0.39, 0.29) is 17.2 Å². The zero-order chi connectivity index (χ0) is 12.4. The van der Waals surface area contributed by atoms with Crippen molar-refractivity contribution in [2.75, 3.05) is 13.2 Å². The lowest BCUT2D eigenvalue weighted by atomic mass is 10.2. The van der Waals surface area contributed by atoms with E-state index in [1.807, 2.05) is 12.2 Å². The molecule has 2 atom stereocenters. The van der Waals surface area contributed by atoms with E-state index >= 15 is 0 Å². The highest BCUT2D eigenvalue weighted by Gasteiger charge is 2.37. The molecule has 0 unspecified atom stereocenters. The third kappa shape index (κ3) is 3.70. The Morgan fingerprint density at radius 2 is 2.00 bits per heavy atom. The second-order valence-corrected chi connectivity index (χ2v) is 10.8. The van der Waals surface area contributed by atoms with E-state index in [1.54, 1.807) is 0 Å². The van der Waals surface area contributed by atoms with Crippen LogP contribution in [0.1, 0.15) is 20.8 Å². The largest absolute Gasteiger partial charge is 0.414 e. The van der Waals surface area contributed by atoms with Crippen LogP contribution in [0.2, 0.25) is 18.1 Å². The van der Waals surface area contributed by atoms with Gasteiger partial charge in [0.1, 0.15) is 0 Å². The van der Waals surface area contributed by atoms with Crippen LogP contribution in [0.25, 0.3) is 0 Å². The van der Waals surface area contributed by atoms with Crippen LogP contribution in [0.3, 0.4) is 0 Å². The summed E-state index contributed by atoms with van der Waals surface area (Å²) in [7, 11) is -1.65. The van der Waals surface area contributed by atoms with Crippen LogP contribution in [0.5, 0.6) is 0 Å². The van der Waals surface area contributed by atoms with Crippen molar-refractivity contribution in [3.63, 3.8) is 0 Å². The van der Waals surface area contributed by atoms with E-state index < -0.39 is 8.32 Å².